The van der Waals surface area contributed by atoms with Crippen molar-refractivity contribution in [3.63, 3.8) is 0 Å². The van der Waals surface area contributed by atoms with Crippen molar-refractivity contribution in [2.75, 3.05) is 0 Å². The number of nitrogens with one attached hydrogen (secondary N) is 1. The second kappa shape index (κ2) is 11.3. The summed E-state index contributed by atoms with van der Waals surface area (Å²) in [6.07, 6.45) is 15.7. The third-order valence-corrected chi connectivity index (χ3v) is 8.72. The molecule has 2 aliphatic heterocycles. The lowest BCUT2D eigenvalue weighted by molar-refractivity contribution is -0.137. The number of H-pyrrole nitrogens is 1. The van der Waals surface area contributed by atoms with Crippen LogP contribution < -0.4 is 10.7 Å². The van der Waals surface area contributed by atoms with Crippen LogP contribution in [0.5, 0.6) is 0 Å². The van der Waals surface area contributed by atoms with Gasteiger partial charge in [-0.05, 0) is 139 Å². The molecule has 3 heterocycles. The van der Waals surface area contributed by atoms with Gasteiger partial charge in [0.05, 0.1) is 11.4 Å². The SMILES string of the molecule is C=CC1=C(C)C2=CC3=NC(=CC4=C(CCC(=O)O)C(C)=C(C=c5[nH]c(c(C)c5C=C)=CC1=C2)C4)C(CCC(=O)O)=C3C. The van der Waals surface area contributed by atoms with Crippen molar-refractivity contribution in [2.45, 2.75) is 59.8 Å². The zero-order valence-corrected chi connectivity index (χ0v) is 24.6. The molecule has 0 spiro atoms. The Balaban J connectivity index is 1.81. The second-order valence-corrected chi connectivity index (χ2v) is 11.2. The summed E-state index contributed by atoms with van der Waals surface area (Å²) in [4.78, 5) is 31.7. The predicted octanol–water partition coefficient (Wildman–Crippen LogP) is 6.31. The van der Waals surface area contributed by atoms with Gasteiger partial charge in [0.25, 0.3) is 0 Å². The Bertz CT molecular complexity index is 1860. The summed E-state index contributed by atoms with van der Waals surface area (Å²) in [7, 11) is 0. The Labute approximate surface area is 246 Å². The van der Waals surface area contributed by atoms with Gasteiger partial charge in [0, 0.05) is 29.1 Å². The lowest BCUT2D eigenvalue weighted by Gasteiger charge is -2.08. The number of allylic oxidation sites excluding steroid dienone is 14. The zero-order chi connectivity index (χ0) is 30.3. The zero-order valence-electron chi connectivity index (χ0n) is 24.6. The first-order valence-electron chi connectivity index (χ1n) is 14.2. The summed E-state index contributed by atoms with van der Waals surface area (Å²) in [5, 5.41) is 20.9. The lowest BCUT2D eigenvalue weighted by Crippen LogP contribution is -2.12. The Morgan fingerprint density at radius 1 is 0.810 bits per heavy atom. The summed E-state index contributed by atoms with van der Waals surface area (Å²) in [6, 6.07) is 0. The fraction of sp³-hybridized carbons (Fsp3) is 0.250. The van der Waals surface area contributed by atoms with E-state index in [1.807, 2.05) is 32.1 Å². The third kappa shape index (κ3) is 5.20. The van der Waals surface area contributed by atoms with E-state index in [0.29, 0.717) is 19.3 Å². The van der Waals surface area contributed by atoms with Crippen LogP contribution in [0.25, 0.3) is 18.2 Å². The number of aliphatic imine (C=N–C) groups is 1. The normalized spacial score (nSPS) is 18.0. The van der Waals surface area contributed by atoms with Crippen LogP contribution in [0.4, 0.5) is 0 Å². The van der Waals surface area contributed by atoms with Crippen molar-refractivity contribution in [1.82, 2.24) is 4.98 Å². The number of carbonyl (C=O) groups is 2. The molecule has 1 aromatic heterocycles. The van der Waals surface area contributed by atoms with E-state index in [1.54, 1.807) is 0 Å². The second-order valence-electron chi connectivity index (χ2n) is 11.2. The maximum absolute atomic E-state index is 11.6. The van der Waals surface area contributed by atoms with Gasteiger partial charge >= 0.3 is 11.9 Å². The van der Waals surface area contributed by atoms with Crippen LogP contribution in [0.3, 0.4) is 0 Å². The minimum Gasteiger partial charge on any atom is -0.481 e. The lowest BCUT2D eigenvalue weighted by atomic mass is 9.96. The summed E-state index contributed by atoms with van der Waals surface area (Å²) >= 11 is 0. The van der Waals surface area contributed by atoms with E-state index in [-0.39, 0.29) is 12.8 Å². The number of fused-ring (bicyclic) bond motifs is 6. The summed E-state index contributed by atoms with van der Waals surface area (Å²) < 4.78 is 0. The molecule has 0 radical (unpaired) electrons. The first kappa shape index (κ1) is 28.8. The molecule has 0 fully saturated rings. The van der Waals surface area contributed by atoms with Crippen molar-refractivity contribution in [2.24, 2.45) is 4.99 Å². The molecule has 0 saturated carbocycles. The highest BCUT2D eigenvalue weighted by Gasteiger charge is 2.26. The van der Waals surface area contributed by atoms with Crippen LogP contribution >= 0.6 is 0 Å². The standard InChI is InChI=1S/C36H36N2O4/c1-7-27-19(3)23-13-25(27)17-32-21(5)28(8-2)33(37-32)16-24-14-26(29(20(24)4)9-11-35(39)40)18-34-30(10-12-36(41)42)22(6)31(15-23)38-34/h7-8,13,15-18,37H,1-2,9-12,14H2,3-6H3,(H,39,40)(H,41,42). The number of carboxylic acid groups (broad SMARTS) is 2. The quantitative estimate of drug-likeness (QED) is 0.347. The molecule has 214 valence electrons. The fourth-order valence-electron chi connectivity index (χ4n) is 6.27. The van der Waals surface area contributed by atoms with Crippen LogP contribution in [0.2, 0.25) is 0 Å². The number of hydrogen-bond donors (Lipinski definition) is 3. The topological polar surface area (TPSA) is 103 Å². The van der Waals surface area contributed by atoms with Crippen molar-refractivity contribution >= 4 is 35.9 Å². The molecule has 0 unspecified atom stereocenters. The molecule has 0 atom stereocenters. The van der Waals surface area contributed by atoms with Gasteiger partial charge in [-0.15, -0.1) is 0 Å². The molecular weight excluding hydrogens is 524 g/mol. The minimum absolute atomic E-state index is 0.00177. The molecule has 0 aromatic carbocycles. The minimum atomic E-state index is -0.858. The Morgan fingerprint density at radius 2 is 1.50 bits per heavy atom. The first-order valence-corrected chi connectivity index (χ1v) is 14.2. The summed E-state index contributed by atoms with van der Waals surface area (Å²) in [6.45, 7) is 16.4. The van der Waals surface area contributed by atoms with E-state index in [2.05, 4.69) is 56.3 Å². The molecular formula is C36H36N2O4. The number of aromatic nitrogens is 1. The monoisotopic (exact) mass is 560 g/mol. The number of hydrogen-bond acceptors (Lipinski definition) is 3. The number of aromatic amines is 1. The molecule has 6 heteroatoms. The Hall–Kier alpha value is -4.71. The molecule has 0 saturated heterocycles. The average molecular weight is 561 g/mol. The van der Waals surface area contributed by atoms with Crippen LogP contribution in [-0.4, -0.2) is 32.8 Å². The van der Waals surface area contributed by atoms with Gasteiger partial charge in [-0.25, -0.2) is 4.99 Å². The van der Waals surface area contributed by atoms with Gasteiger partial charge in [-0.2, -0.15) is 0 Å². The molecule has 42 heavy (non-hydrogen) atoms. The molecule has 0 amide bonds. The van der Waals surface area contributed by atoms with Gasteiger partial charge in [0.1, 0.15) is 0 Å². The molecule has 3 N–H and O–H groups in total. The van der Waals surface area contributed by atoms with E-state index in [1.165, 1.54) is 0 Å². The Kier molecular flexibility index (Phi) is 7.74. The third-order valence-electron chi connectivity index (χ3n) is 8.72. The van der Waals surface area contributed by atoms with Crippen molar-refractivity contribution < 1.29 is 19.8 Å². The van der Waals surface area contributed by atoms with Gasteiger partial charge in [-0.3, -0.25) is 9.59 Å². The fourth-order valence-corrected chi connectivity index (χ4v) is 6.27. The van der Waals surface area contributed by atoms with Crippen LogP contribution in [0, 0.1) is 6.92 Å². The van der Waals surface area contributed by atoms with Crippen molar-refractivity contribution in [1.29, 1.82) is 0 Å². The largest absolute Gasteiger partial charge is 0.481 e. The van der Waals surface area contributed by atoms with Crippen LogP contribution in [0.1, 0.15) is 64.0 Å². The van der Waals surface area contributed by atoms with Gasteiger partial charge in [0.2, 0.25) is 0 Å². The van der Waals surface area contributed by atoms with Crippen molar-refractivity contribution in [3.8, 4) is 0 Å². The van der Waals surface area contributed by atoms with E-state index in [9.17, 15) is 19.8 Å². The molecule has 4 aliphatic rings. The number of aliphatic carboxylic acids is 2. The average Bonchev–Trinajstić information content (AvgIpc) is 3.59. The number of nitrogens with zero attached hydrogens (tertiary/aromatic N) is 1. The molecule has 5 rings (SSSR count). The molecule has 1 aromatic rings. The van der Waals surface area contributed by atoms with E-state index >= 15 is 0 Å². The number of carboxylic acids is 2. The van der Waals surface area contributed by atoms with Crippen LogP contribution in [0.15, 0.2) is 104 Å². The molecule has 8 bridgehead atoms. The molecule has 2 aliphatic carbocycles. The van der Waals surface area contributed by atoms with Crippen LogP contribution in [-0.2, 0) is 9.59 Å². The van der Waals surface area contributed by atoms with E-state index in [4.69, 9.17) is 4.99 Å². The van der Waals surface area contributed by atoms with Gasteiger partial charge in [-0.1, -0.05) is 25.3 Å². The van der Waals surface area contributed by atoms with Crippen molar-refractivity contribution in [3.05, 3.63) is 121 Å². The highest BCUT2D eigenvalue weighted by Crippen LogP contribution is 2.40. The van der Waals surface area contributed by atoms with E-state index < -0.39 is 11.9 Å². The van der Waals surface area contributed by atoms with Gasteiger partial charge in [0.15, 0.2) is 0 Å². The maximum atomic E-state index is 11.6. The smallest absolute Gasteiger partial charge is 0.303 e. The Morgan fingerprint density at radius 3 is 2.14 bits per heavy atom. The highest BCUT2D eigenvalue weighted by molar-refractivity contribution is 6.13. The van der Waals surface area contributed by atoms with E-state index in [0.717, 1.165) is 89.0 Å². The maximum Gasteiger partial charge on any atom is 0.303 e. The highest BCUT2D eigenvalue weighted by atomic mass is 16.4. The molecule has 6 nitrogen and oxygen atoms in total. The number of rotatable bonds is 8. The van der Waals surface area contributed by atoms with Gasteiger partial charge < -0.3 is 15.2 Å². The summed E-state index contributed by atoms with van der Waals surface area (Å²) in [5.41, 5.74) is 14.0. The predicted molar refractivity (Wildman–Crippen MR) is 169 cm³/mol. The first-order chi connectivity index (χ1) is 20.0. The summed E-state index contributed by atoms with van der Waals surface area (Å²) in [5.74, 6) is -1.70.